The minimum atomic E-state index is -1.60. The van der Waals surface area contributed by atoms with E-state index in [4.69, 9.17) is 34.8 Å². The van der Waals surface area contributed by atoms with Crippen LogP contribution in [0.25, 0.3) is 0 Å². The molecular weight excluding hydrogens is 270 g/mol. The Morgan fingerprint density at radius 1 is 1.25 bits per heavy atom. The molecule has 0 aliphatic heterocycles. The number of halogens is 3. The molecule has 1 aromatic rings. The SMILES string of the molecule is CCNc1nc(C2CC2)nc(C(Cl)(Cl)Cl)n1. The van der Waals surface area contributed by atoms with Gasteiger partial charge in [0.15, 0.2) is 5.82 Å². The third kappa shape index (κ3) is 2.87. The Kier molecular flexibility index (Phi) is 3.42. The summed E-state index contributed by atoms with van der Waals surface area (Å²) < 4.78 is -1.60. The first-order valence-corrected chi connectivity index (χ1v) is 6.21. The van der Waals surface area contributed by atoms with Crippen LogP contribution in [-0.2, 0) is 3.79 Å². The predicted molar refractivity (Wildman–Crippen MR) is 65.2 cm³/mol. The van der Waals surface area contributed by atoms with Crippen LogP contribution in [0.1, 0.15) is 37.3 Å². The first-order valence-electron chi connectivity index (χ1n) is 5.07. The van der Waals surface area contributed by atoms with Gasteiger partial charge < -0.3 is 5.32 Å². The van der Waals surface area contributed by atoms with Gasteiger partial charge in [0, 0.05) is 12.5 Å². The Morgan fingerprint density at radius 3 is 2.44 bits per heavy atom. The standard InChI is InChI=1S/C9H11Cl3N4/c1-2-13-8-15-6(5-3-4-5)14-7(16-8)9(10,11)12/h5H,2-4H2,1H3,(H,13,14,15,16). The molecule has 2 rings (SSSR count). The molecule has 1 saturated carbocycles. The fourth-order valence-corrected chi connectivity index (χ4v) is 1.53. The molecule has 1 aliphatic rings. The highest BCUT2D eigenvalue weighted by molar-refractivity contribution is 6.66. The molecule has 1 N–H and O–H groups in total. The number of rotatable bonds is 3. The van der Waals surface area contributed by atoms with Gasteiger partial charge in [0.05, 0.1) is 0 Å². The Morgan fingerprint density at radius 2 is 1.94 bits per heavy atom. The summed E-state index contributed by atoms with van der Waals surface area (Å²) in [5, 5.41) is 3.00. The molecule has 4 nitrogen and oxygen atoms in total. The molecule has 7 heteroatoms. The van der Waals surface area contributed by atoms with E-state index in [1.54, 1.807) is 0 Å². The molecule has 1 aliphatic carbocycles. The van der Waals surface area contributed by atoms with Crippen molar-refractivity contribution in [1.82, 2.24) is 15.0 Å². The Hall–Kier alpha value is -0.320. The van der Waals surface area contributed by atoms with Gasteiger partial charge in [-0.1, -0.05) is 34.8 Å². The van der Waals surface area contributed by atoms with Crippen LogP contribution >= 0.6 is 34.8 Å². The van der Waals surface area contributed by atoms with Gasteiger partial charge in [0.25, 0.3) is 0 Å². The predicted octanol–water partition coefficient (Wildman–Crippen LogP) is 3.01. The van der Waals surface area contributed by atoms with Crippen LogP contribution < -0.4 is 5.32 Å². The summed E-state index contributed by atoms with van der Waals surface area (Å²) in [4.78, 5) is 12.6. The average Bonchev–Trinajstić information content (AvgIpc) is 2.99. The van der Waals surface area contributed by atoms with Crippen LogP contribution in [0.5, 0.6) is 0 Å². The highest BCUT2D eigenvalue weighted by Crippen LogP contribution is 2.41. The Balaban J connectivity index is 2.36. The third-order valence-electron chi connectivity index (χ3n) is 2.18. The van der Waals surface area contributed by atoms with E-state index in [1.807, 2.05) is 6.92 Å². The largest absolute Gasteiger partial charge is 0.354 e. The molecule has 0 bridgehead atoms. The van der Waals surface area contributed by atoms with Gasteiger partial charge in [0.2, 0.25) is 9.74 Å². The van der Waals surface area contributed by atoms with Crippen LogP contribution in [0.3, 0.4) is 0 Å². The van der Waals surface area contributed by atoms with Crippen molar-refractivity contribution >= 4 is 40.8 Å². The molecule has 0 saturated heterocycles. The second-order valence-corrected chi connectivity index (χ2v) is 5.92. The van der Waals surface area contributed by atoms with Crippen molar-refractivity contribution in [3.63, 3.8) is 0 Å². The van der Waals surface area contributed by atoms with Gasteiger partial charge in [-0.3, -0.25) is 0 Å². The topological polar surface area (TPSA) is 50.7 Å². The van der Waals surface area contributed by atoms with Crippen LogP contribution in [0.4, 0.5) is 5.95 Å². The second-order valence-electron chi connectivity index (χ2n) is 3.64. The van der Waals surface area contributed by atoms with Crippen molar-refractivity contribution in [1.29, 1.82) is 0 Å². The third-order valence-corrected chi connectivity index (χ3v) is 2.69. The normalized spacial score (nSPS) is 16.2. The van der Waals surface area contributed by atoms with Crippen LogP contribution in [0.15, 0.2) is 0 Å². The smallest absolute Gasteiger partial charge is 0.250 e. The average molecular weight is 282 g/mol. The molecule has 0 spiro atoms. The maximum atomic E-state index is 5.78. The summed E-state index contributed by atoms with van der Waals surface area (Å²) in [5.41, 5.74) is 0. The molecule has 1 heterocycles. The number of aromatic nitrogens is 3. The molecule has 0 atom stereocenters. The van der Waals surface area contributed by atoms with Crippen LogP contribution in [-0.4, -0.2) is 21.5 Å². The summed E-state index contributed by atoms with van der Waals surface area (Å²) in [5.74, 6) is 1.77. The lowest BCUT2D eigenvalue weighted by Gasteiger charge is -2.12. The maximum absolute atomic E-state index is 5.78. The van der Waals surface area contributed by atoms with Gasteiger partial charge in [-0.15, -0.1) is 0 Å². The highest BCUT2D eigenvalue weighted by Gasteiger charge is 2.32. The summed E-state index contributed by atoms with van der Waals surface area (Å²) >= 11 is 17.3. The van der Waals surface area contributed by atoms with Crippen molar-refractivity contribution in [2.24, 2.45) is 0 Å². The van der Waals surface area contributed by atoms with E-state index in [0.717, 1.165) is 12.8 Å². The number of anilines is 1. The van der Waals surface area contributed by atoms with Gasteiger partial charge in [-0.05, 0) is 19.8 Å². The number of hydrogen-bond acceptors (Lipinski definition) is 4. The fourth-order valence-electron chi connectivity index (χ4n) is 1.28. The van der Waals surface area contributed by atoms with Gasteiger partial charge in [-0.25, -0.2) is 4.98 Å². The van der Waals surface area contributed by atoms with E-state index < -0.39 is 3.79 Å². The summed E-state index contributed by atoms with van der Waals surface area (Å²) in [6.45, 7) is 2.67. The summed E-state index contributed by atoms with van der Waals surface area (Å²) in [6.07, 6.45) is 2.18. The van der Waals surface area contributed by atoms with Crippen molar-refractivity contribution in [2.45, 2.75) is 29.5 Å². The molecular formula is C9H11Cl3N4. The molecule has 1 aromatic heterocycles. The molecule has 0 radical (unpaired) electrons. The first kappa shape index (κ1) is 12.1. The highest BCUT2D eigenvalue weighted by atomic mass is 35.6. The lowest BCUT2D eigenvalue weighted by molar-refractivity contribution is 0.827. The molecule has 88 valence electrons. The van der Waals surface area contributed by atoms with E-state index in [9.17, 15) is 0 Å². The van der Waals surface area contributed by atoms with Gasteiger partial charge in [0.1, 0.15) is 5.82 Å². The van der Waals surface area contributed by atoms with Crippen LogP contribution in [0.2, 0.25) is 0 Å². The molecule has 0 aromatic carbocycles. The number of alkyl halides is 3. The summed E-state index contributed by atoms with van der Waals surface area (Å²) in [7, 11) is 0. The summed E-state index contributed by atoms with van der Waals surface area (Å²) in [6, 6.07) is 0. The zero-order valence-corrected chi connectivity index (χ0v) is 10.9. The number of nitrogens with zero attached hydrogens (tertiary/aromatic N) is 3. The lowest BCUT2D eigenvalue weighted by Crippen LogP contribution is -2.14. The number of hydrogen-bond donors (Lipinski definition) is 1. The van der Waals surface area contributed by atoms with E-state index in [0.29, 0.717) is 24.2 Å². The second kappa shape index (κ2) is 4.51. The first-order chi connectivity index (χ1) is 7.50. The van der Waals surface area contributed by atoms with Crippen molar-refractivity contribution in [3.05, 3.63) is 11.6 Å². The lowest BCUT2D eigenvalue weighted by atomic mass is 10.4. The molecule has 0 amide bonds. The Bertz CT molecular complexity index is 387. The zero-order valence-electron chi connectivity index (χ0n) is 8.67. The Labute approximate surface area is 109 Å². The zero-order chi connectivity index (χ0) is 11.8. The van der Waals surface area contributed by atoms with Crippen molar-refractivity contribution in [2.75, 3.05) is 11.9 Å². The number of nitrogens with one attached hydrogen (secondary N) is 1. The van der Waals surface area contributed by atoms with E-state index >= 15 is 0 Å². The van der Waals surface area contributed by atoms with Crippen molar-refractivity contribution < 1.29 is 0 Å². The van der Waals surface area contributed by atoms with E-state index in [1.165, 1.54) is 0 Å². The minimum absolute atomic E-state index is 0.186. The minimum Gasteiger partial charge on any atom is -0.354 e. The van der Waals surface area contributed by atoms with Crippen molar-refractivity contribution in [3.8, 4) is 0 Å². The van der Waals surface area contributed by atoms with Crippen LogP contribution in [0, 0.1) is 0 Å². The fraction of sp³-hybridized carbons (Fsp3) is 0.667. The monoisotopic (exact) mass is 280 g/mol. The van der Waals surface area contributed by atoms with E-state index in [2.05, 4.69) is 20.3 Å². The maximum Gasteiger partial charge on any atom is 0.250 e. The molecule has 1 fully saturated rings. The molecule has 0 unspecified atom stereocenters. The van der Waals surface area contributed by atoms with Gasteiger partial charge >= 0.3 is 0 Å². The van der Waals surface area contributed by atoms with Gasteiger partial charge in [-0.2, -0.15) is 9.97 Å². The quantitative estimate of drug-likeness (QED) is 0.865. The molecule has 16 heavy (non-hydrogen) atoms. The van der Waals surface area contributed by atoms with E-state index in [-0.39, 0.29) is 5.82 Å².